The molecule has 5 heteroatoms. The molecule has 1 atom stereocenters. The molecule has 0 aliphatic carbocycles. The Bertz CT molecular complexity index is 560. The second kappa shape index (κ2) is 6.76. The van der Waals surface area contributed by atoms with Gasteiger partial charge in [0.2, 0.25) is 0 Å². The second-order valence-corrected chi connectivity index (χ2v) is 6.26. The van der Waals surface area contributed by atoms with Crippen molar-refractivity contribution in [2.75, 3.05) is 7.05 Å². The largest absolute Gasteiger partial charge is 0.313 e. The normalized spacial score (nSPS) is 12.4. The van der Waals surface area contributed by atoms with Crippen LogP contribution in [0.1, 0.15) is 17.3 Å². The van der Waals surface area contributed by atoms with Gasteiger partial charge in [-0.05, 0) is 75.4 Å². The number of pyridine rings is 1. The standard InChI is InChI=1S/C14H13BrFIN2/c1-18-14(7-11-4-2-9(15)8-19-11)12-5-3-10(16)6-13(12)17/h2-6,8,14,18H,7H2,1H3. The van der Waals surface area contributed by atoms with Gasteiger partial charge >= 0.3 is 0 Å². The Morgan fingerprint density at radius 3 is 2.74 bits per heavy atom. The van der Waals surface area contributed by atoms with Crippen molar-refractivity contribution >= 4 is 38.5 Å². The molecule has 2 rings (SSSR count). The maximum Gasteiger partial charge on any atom is 0.124 e. The Labute approximate surface area is 134 Å². The lowest BCUT2D eigenvalue weighted by Gasteiger charge is -2.18. The molecule has 1 unspecified atom stereocenters. The summed E-state index contributed by atoms with van der Waals surface area (Å²) >= 11 is 5.54. The molecular weight excluding hydrogens is 422 g/mol. The van der Waals surface area contributed by atoms with Crippen molar-refractivity contribution in [3.63, 3.8) is 0 Å². The van der Waals surface area contributed by atoms with Crippen LogP contribution in [0.3, 0.4) is 0 Å². The van der Waals surface area contributed by atoms with Crippen LogP contribution in [-0.4, -0.2) is 12.0 Å². The van der Waals surface area contributed by atoms with Gasteiger partial charge in [-0.15, -0.1) is 0 Å². The minimum atomic E-state index is -0.204. The number of rotatable bonds is 4. The molecule has 0 saturated heterocycles. The third kappa shape index (κ3) is 3.97. The van der Waals surface area contributed by atoms with Crippen molar-refractivity contribution in [3.05, 3.63) is 61.6 Å². The van der Waals surface area contributed by atoms with Crippen LogP contribution in [-0.2, 0) is 6.42 Å². The number of likely N-dealkylation sites (N-methyl/N-ethyl adjacent to an activating group) is 1. The molecule has 2 aromatic rings. The molecule has 1 aromatic heterocycles. The van der Waals surface area contributed by atoms with Crippen LogP contribution in [0.5, 0.6) is 0 Å². The van der Waals surface area contributed by atoms with Crippen molar-refractivity contribution in [2.24, 2.45) is 0 Å². The summed E-state index contributed by atoms with van der Waals surface area (Å²) in [4.78, 5) is 4.38. The van der Waals surface area contributed by atoms with Crippen LogP contribution in [0, 0.1) is 9.39 Å². The van der Waals surface area contributed by atoms with E-state index in [4.69, 9.17) is 0 Å². The molecule has 0 aliphatic heterocycles. The van der Waals surface area contributed by atoms with Gasteiger partial charge in [0.25, 0.3) is 0 Å². The van der Waals surface area contributed by atoms with E-state index in [1.807, 2.05) is 25.2 Å². The molecule has 0 radical (unpaired) electrons. The summed E-state index contributed by atoms with van der Waals surface area (Å²) in [5.41, 5.74) is 2.09. The van der Waals surface area contributed by atoms with Gasteiger partial charge in [-0.3, -0.25) is 4.98 Å². The summed E-state index contributed by atoms with van der Waals surface area (Å²) in [7, 11) is 1.91. The van der Waals surface area contributed by atoms with E-state index < -0.39 is 0 Å². The molecule has 19 heavy (non-hydrogen) atoms. The molecule has 0 spiro atoms. The number of nitrogens with one attached hydrogen (secondary N) is 1. The molecule has 1 heterocycles. The van der Waals surface area contributed by atoms with Crippen LogP contribution in [0.2, 0.25) is 0 Å². The van der Waals surface area contributed by atoms with Crippen LogP contribution >= 0.6 is 38.5 Å². The first-order valence-corrected chi connectivity index (χ1v) is 7.70. The topological polar surface area (TPSA) is 24.9 Å². The second-order valence-electron chi connectivity index (χ2n) is 4.18. The van der Waals surface area contributed by atoms with E-state index >= 15 is 0 Å². The summed E-state index contributed by atoms with van der Waals surface area (Å²) < 4.78 is 15.0. The average Bonchev–Trinajstić information content (AvgIpc) is 2.39. The minimum absolute atomic E-state index is 0.126. The first-order valence-electron chi connectivity index (χ1n) is 5.83. The number of hydrogen-bond donors (Lipinski definition) is 1. The molecule has 0 amide bonds. The Balaban J connectivity index is 2.22. The fraction of sp³-hybridized carbons (Fsp3) is 0.214. The summed E-state index contributed by atoms with van der Waals surface area (Å²) in [5, 5.41) is 3.26. The maximum atomic E-state index is 13.1. The smallest absolute Gasteiger partial charge is 0.124 e. The van der Waals surface area contributed by atoms with Gasteiger partial charge in [0.1, 0.15) is 5.82 Å². The zero-order valence-electron chi connectivity index (χ0n) is 10.3. The van der Waals surface area contributed by atoms with E-state index in [0.29, 0.717) is 0 Å². The summed E-state index contributed by atoms with van der Waals surface area (Å²) in [6.45, 7) is 0. The molecule has 0 saturated carbocycles. The Morgan fingerprint density at radius 1 is 1.37 bits per heavy atom. The third-order valence-electron chi connectivity index (χ3n) is 2.89. The molecule has 2 nitrogen and oxygen atoms in total. The molecular formula is C14H13BrFIN2. The summed E-state index contributed by atoms with van der Waals surface area (Å²) in [5.74, 6) is -0.204. The summed E-state index contributed by atoms with van der Waals surface area (Å²) in [6, 6.07) is 8.97. The first-order chi connectivity index (χ1) is 9.10. The number of aromatic nitrogens is 1. The lowest BCUT2D eigenvalue weighted by molar-refractivity contribution is 0.576. The quantitative estimate of drug-likeness (QED) is 0.733. The molecule has 0 bridgehead atoms. The van der Waals surface area contributed by atoms with Gasteiger partial charge in [-0.25, -0.2) is 4.39 Å². The minimum Gasteiger partial charge on any atom is -0.313 e. The van der Waals surface area contributed by atoms with E-state index in [2.05, 4.69) is 48.8 Å². The van der Waals surface area contributed by atoms with E-state index in [0.717, 1.165) is 25.7 Å². The van der Waals surface area contributed by atoms with Crippen molar-refractivity contribution < 1.29 is 4.39 Å². The molecule has 0 fully saturated rings. The van der Waals surface area contributed by atoms with E-state index in [1.54, 1.807) is 12.3 Å². The Kier molecular flexibility index (Phi) is 5.29. The predicted octanol–water partition coefficient (Wildman–Crippen LogP) is 4.09. The Morgan fingerprint density at radius 2 is 2.16 bits per heavy atom. The number of hydrogen-bond acceptors (Lipinski definition) is 2. The number of benzene rings is 1. The zero-order valence-corrected chi connectivity index (χ0v) is 14.1. The van der Waals surface area contributed by atoms with E-state index in [-0.39, 0.29) is 11.9 Å². The van der Waals surface area contributed by atoms with Gasteiger partial charge in [0, 0.05) is 32.4 Å². The van der Waals surface area contributed by atoms with Crippen LogP contribution in [0.4, 0.5) is 4.39 Å². The molecule has 0 aliphatic rings. The number of halogens is 3. The van der Waals surface area contributed by atoms with Crippen LogP contribution in [0.15, 0.2) is 41.0 Å². The van der Waals surface area contributed by atoms with Crippen LogP contribution < -0.4 is 5.32 Å². The van der Waals surface area contributed by atoms with Crippen molar-refractivity contribution in [3.8, 4) is 0 Å². The monoisotopic (exact) mass is 434 g/mol. The summed E-state index contributed by atoms with van der Waals surface area (Å²) in [6.07, 6.45) is 2.56. The van der Waals surface area contributed by atoms with Gasteiger partial charge in [-0.2, -0.15) is 0 Å². The van der Waals surface area contributed by atoms with Gasteiger partial charge in [0.05, 0.1) is 0 Å². The highest BCUT2D eigenvalue weighted by Crippen LogP contribution is 2.24. The third-order valence-corrected chi connectivity index (χ3v) is 4.29. The molecule has 100 valence electrons. The molecule has 1 N–H and O–H groups in total. The van der Waals surface area contributed by atoms with E-state index in [1.165, 1.54) is 6.07 Å². The highest BCUT2D eigenvalue weighted by atomic mass is 127. The molecule has 1 aromatic carbocycles. The van der Waals surface area contributed by atoms with Crippen molar-refractivity contribution in [1.82, 2.24) is 10.3 Å². The first kappa shape index (κ1) is 14.9. The van der Waals surface area contributed by atoms with Crippen molar-refractivity contribution in [2.45, 2.75) is 12.5 Å². The highest BCUT2D eigenvalue weighted by Gasteiger charge is 2.14. The predicted molar refractivity (Wildman–Crippen MR) is 86.6 cm³/mol. The SMILES string of the molecule is CNC(Cc1ccc(Br)cn1)c1ccc(F)cc1I. The lowest BCUT2D eigenvalue weighted by atomic mass is 10.0. The highest BCUT2D eigenvalue weighted by molar-refractivity contribution is 14.1. The number of nitrogens with zero attached hydrogens (tertiary/aromatic N) is 1. The zero-order chi connectivity index (χ0) is 13.8. The maximum absolute atomic E-state index is 13.1. The van der Waals surface area contributed by atoms with Gasteiger partial charge < -0.3 is 5.32 Å². The lowest BCUT2D eigenvalue weighted by Crippen LogP contribution is -2.20. The Hall–Kier alpha value is -0.530. The fourth-order valence-electron chi connectivity index (χ4n) is 1.89. The average molecular weight is 435 g/mol. The van der Waals surface area contributed by atoms with E-state index in [9.17, 15) is 4.39 Å². The fourth-order valence-corrected chi connectivity index (χ4v) is 2.98. The van der Waals surface area contributed by atoms with Crippen molar-refractivity contribution in [1.29, 1.82) is 0 Å². The van der Waals surface area contributed by atoms with Gasteiger partial charge in [-0.1, -0.05) is 6.07 Å². The van der Waals surface area contributed by atoms with Gasteiger partial charge in [0.15, 0.2) is 0 Å². The van der Waals surface area contributed by atoms with Crippen LogP contribution in [0.25, 0.3) is 0 Å².